The van der Waals surface area contributed by atoms with E-state index >= 15 is 0 Å². The number of methoxy groups -OCH3 is 1. The van der Waals surface area contributed by atoms with E-state index in [0.29, 0.717) is 30.9 Å². The molecule has 1 aromatic rings. The van der Waals surface area contributed by atoms with Crippen LogP contribution in [0.4, 0.5) is 11.4 Å². The second kappa shape index (κ2) is 5.90. The number of ether oxygens (including phenoxy) is 2. The summed E-state index contributed by atoms with van der Waals surface area (Å²) in [5.41, 5.74) is 7.41. The van der Waals surface area contributed by atoms with Gasteiger partial charge in [-0.25, -0.2) is 4.79 Å². The molecule has 0 saturated carbocycles. The standard InChI is InChI=1S/C13H18N2O4/c1-18-13(17)11-6-9(14)2-3-12(11)15-4-5-19-10(7-15)8-16/h2-3,6,10,16H,4-5,7-8,14H2,1H3. The molecule has 1 unspecified atom stereocenters. The summed E-state index contributed by atoms with van der Waals surface area (Å²) in [7, 11) is 1.34. The number of hydrogen-bond donors (Lipinski definition) is 2. The summed E-state index contributed by atoms with van der Waals surface area (Å²) >= 11 is 0. The molecule has 19 heavy (non-hydrogen) atoms. The van der Waals surface area contributed by atoms with Gasteiger partial charge in [-0.15, -0.1) is 0 Å². The first-order chi connectivity index (χ1) is 9.15. The first-order valence-corrected chi connectivity index (χ1v) is 6.11. The maximum absolute atomic E-state index is 11.8. The van der Waals surface area contributed by atoms with Gasteiger partial charge >= 0.3 is 5.97 Å². The molecule has 1 aliphatic heterocycles. The smallest absolute Gasteiger partial charge is 0.340 e. The van der Waals surface area contributed by atoms with E-state index in [1.54, 1.807) is 18.2 Å². The van der Waals surface area contributed by atoms with Crippen molar-refractivity contribution in [2.24, 2.45) is 0 Å². The third-order valence-electron chi connectivity index (χ3n) is 3.11. The fraction of sp³-hybridized carbons (Fsp3) is 0.462. The van der Waals surface area contributed by atoms with Crippen LogP contribution in [-0.2, 0) is 9.47 Å². The van der Waals surface area contributed by atoms with Crippen molar-refractivity contribution >= 4 is 17.3 Å². The minimum atomic E-state index is -0.422. The van der Waals surface area contributed by atoms with Crippen LogP contribution in [0.3, 0.4) is 0 Å². The molecular weight excluding hydrogens is 248 g/mol. The summed E-state index contributed by atoms with van der Waals surface area (Å²) in [5.74, 6) is -0.422. The van der Waals surface area contributed by atoms with Gasteiger partial charge in [0, 0.05) is 18.8 Å². The van der Waals surface area contributed by atoms with Crippen LogP contribution in [0.15, 0.2) is 18.2 Å². The summed E-state index contributed by atoms with van der Waals surface area (Å²) in [5, 5.41) is 9.16. The number of carbonyl (C=O) groups excluding carboxylic acids is 1. The van der Waals surface area contributed by atoms with Crippen LogP contribution < -0.4 is 10.6 Å². The highest BCUT2D eigenvalue weighted by Crippen LogP contribution is 2.25. The quantitative estimate of drug-likeness (QED) is 0.602. The lowest BCUT2D eigenvalue weighted by Gasteiger charge is -2.34. The molecule has 1 heterocycles. The van der Waals surface area contributed by atoms with Crippen molar-refractivity contribution < 1.29 is 19.4 Å². The van der Waals surface area contributed by atoms with E-state index in [9.17, 15) is 4.79 Å². The summed E-state index contributed by atoms with van der Waals surface area (Å²) in [6, 6.07) is 5.14. The van der Waals surface area contributed by atoms with Crippen molar-refractivity contribution in [3.05, 3.63) is 23.8 Å². The van der Waals surface area contributed by atoms with Gasteiger partial charge in [0.15, 0.2) is 0 Å². The molecule has 0 radical (unpaired) electrons. The van der Waals surface area contributed by atoms with Crippen molar-refractivity contribution in [1.29, 1.82) is 0 Å². The highest BCUT2D eigenvalue weighted by Gasteiger charge is 2.24. The van der Waals surface area contributed by atoms with Gasteiger partial charge in [-0.3, -0.25) is 0 Å². The van der Waals surface area contributed by atoms with Crippen LogP contribution >= 0.6 is 0 Å². The van der Waals surface area contributed by atoms with Crippen LogP contribution in [-0.4, -0.2) is 50.6 Å². The Balaban J connectivity index is 2.30. The first kappa shape index (κ1) is 13.6. The number of hydrogen-bond acceptors (Lipinski definition) is 6. The molecule has 6 nitrogen and oxygen atoms in total. The van der Waals surface area contributed by atoms with E-state index in [4.69, 9.17) is 20.3 Å². The van der Waals surface area contributed by atoms with Crippen molar-refractivity contribution in [3.8, 4) is 0 Å². The zero-order valence-electron chi connectivity index (χ0n) is 10.8. The van der Waals surface area contributed by atoms with E-state index in [1.165, 1.54) is 7.11 Å². The molecule has 1 aliphatic rings. The average molecular weight is 266 g/mol. The van der Waals surface area contributed by atoms with Gasteiger partial charge in [-0.05, 0) is 18.2 Å². The number of anilines is 2. The molecular formula is C13H18N2O4. The van der Waals surface area contributed by atoms with E-state index in [-0.39, 0.29) is 12.7 Å². The van der Waals surface area contributed by atoms with Gasteiger partial charge in [-0.1, -0.05) is 0 Å². The molecule has 1 atom stereocenters. The molecule has 0 bridgehead atoms. The van der Waals surface area contributed by atoms with Gasteiger partial charge in [0.25, 0.3) is 0 Å². The number of nitrogen functional groups attached to an aromatic ring is 1. The van der Waals surface area contributed by atoms with E-state index < -0.39 is 5.97 Å². The summed E-state index contributed by atoms with van der Waals surface area (Å²) in [4.78, 5) is 13.8. The zero-order chi connectivity index (χ0) is 13.8. The Bertz CT molecular complexity index is 464. The van der Waals surface area contributed by atoms with Crippen molar-refractivity contribution in [3.63, 3.8) is 0 Å². The predicted octanol–water partition coefficient (Wildman–Crippen LogP) is 0.253. The highest BCUT2D eigenvalue weighted by molar-refractivity contribution is 5.97. The van der Waals surface area contributed by atoms with E-state index in [0.717, 1.165) is 5.69 Å². The molecule has 0 aromatic heterocycles. The predicted molar refractivity (Wildman–Crippen MR) is 71.2 cm³/mol. The molecule has 1 fully saturated rings. The second-order valence-electron chi connectivity index (χ2n) is 4.39. The zero-order valence-corrected chi connectivity index (χ0v) is 10.8. The number of nitrogens with two attached hydrogens (primary N) is 1. The number of carbonyl (C=O) groups is 1. The molecule has 0 amide bonds. The lowest BCUT2D eigenvalue weighted by Crippen LogP contribution is -2.44. The molecule has 6 heteroatoms. The normalized spacial score (nSPS) is 19.3. The Morgan fingerprint density at radius 3 is 3.11 bits per heavy atom. The van der Waals surface area contributed by atoms with Crippen LogP contribution in [0, 0.1) is 0 Å². The first-order valence-electron chi connectivity index (χ1n) is 6.11. The van der Waals surface area contributed by atoms with Crippen molar-refractivity contribution in [2.45, 2.75) is 6.10 Å². The number of benzene rings is 1. The van der Waals surface area contributed by atoms with Crippen molar-refractivity contribution in [1.82, 2.24) is 0 Å². The summed E-state index contributed by atoms with van der Waals surface area (Å²) in [6.45, 7) is 1.66. The SMILES string of the molecule is COC(=O)c1cc(N)ccc1N1CCOC(CO)C1. The third-order valence-corrected chi connectivity index (χ3v) is 3.11. The average Bonchev–Trinajstić information content (AvgIpc) is 2.46. The monoisotopic (exact) mass is 266 g/mol. The minimum absolute atomic E-state index is 0.0426. The van der Waals surface area contributed by atoms with E-state index in [2.05, 4.69) is 0 Å². The molecule has 1 aromatic carbocycles. The van der Waals surface area contributed by atoms with Crippen LogP contribution in [0.5, 0.6) is 0 Å². The summed E-state index contributed by atoms with van der Waals surface area (Å²) in [6.07, 6.45) is -0.239. The Kier molecular flexibility index (Phi) is 4.24. The lowest BCUT2D eigenvalue weighted by atomic mass is 10.1. The summed E-state index contributed by atoms with van der Waals surface area (Å²) < 4.78 is 10.2. The molecule has 0 spiro atoms. The van der Waals surface area contributed by atoms with Gasteiger partial charge in [0.05, 0.1) is 37.7 Å². The fourth-order valence-corrected chi connectivity index (χ4v) is 2.15. The molecule has 3 N–H and O–H groups in total. The molecule has 104 valence electrons. The Morgan fingerprint density at radius 2 is 2.42 bits per heavy atom. The van der Waals surface area contributed by atoms with Gasteiger partial charge < -0.3 is 25.2 Å². The minimum Gasteiger partial charge on any atom is -0.465 e. The Hall–Kier alpha value is -1.79. The molecule has 2 rings (SSSR count). The maximum Gasteiger partial charge on any atom is 0.340 e. The molecule has 1 saturated heterocycles. The topological polar surface area (TPSA) is 85.0 Å². The van der Waals surface area contributed by atoms with Crippen molar-refractivity contribution in [2.75, 3.05) is 44.0 Å². The van der Waals surface area contributed by atoms with Gasteiger partial charge in [-0.2, -0.15) is 0 Å². The third kappa shape index (κ3) is 2.97. The highest BCUT2D eigenvalue weighted by atomic mass is 16.5. The number of esters is 1. The van der Waals surface area contributed by atoms with Crippen LogP contribution in [0.25, 0.3) is 0 Å². The van der Waals surface area contributed by atoms with Crippen LogP contribution in [0.1, 0.15) is 10.4 Å². The van der Waals surface area contributed by atoms with Gasteiger partial charge in [0.1, 0.15) is 0 Å². The Morgan fingerprint density at radius 1 is 1.63 bits per heavy atom. The Labute approximate surface area is 111 Å². The number of morpholine rings is 1. The van der Waals surface area contributed by atoms with Crippen LogP contribution in [0.2, 0.25) is 0 Å². The fourth-order valence-electron chi connectivity index (χ4n) is 2.15. The number of aliphatic hydroxyl groups excluding tert-OH is 1. The largest absolute Gasteiger partial charge is 0.465 e. The lowest BCUT2D eigenvalue weighted by molar-refractivity contribution is 0.00348. The van der Waals surface area contributed by atoms with Gasteiger partial charge in [0.2, 0.25) is 0 Å². The second-order valence-corrected chi connectivity index (χ2v) is 4.39. The van der Waals surface area contributed by atoms with E-state index in [1.807, 2.05) is 4.90 Å². The molecule has 0 aliphatic carbocycles. The number of nitrogens with zero attached hydrogens (tertiary/aromatic N) is 1. The maximum atomic E-state index is 11.8. The number of rotatable bonds is 3. The number of aliphatic hydroxyl groups is 1.